The summed E-state index contributed by atoms with van der Waals surface area (Å²) in [5, 5.41) is 13.7. The van der Waals surface area contributed by atoms with E-state index in [0.717, 1.165) is 29.9 Å². The van der Waals surface area contributed by atoms with Gasteiger partial charge in [-0.1, -0.05) is 18.2 Å². The van der Waals surface area contributed by atoms with Crippen LogP contribution in [-0.4, -0.2) is 23.9 Å². The summed E-state index contributed by atoms with van der Waals surface area (Å²) < 4.78 is 0. The molecule has 0 amide bonds. The van der Waals surface area contributed by atoms with E-state index in [1.54, 1.807) is 0 Å². The standard InChI is InChI=1S/C11H12N2O/c14-11-7-12-6-5-10(11)13-9-4-2-1-3-8(9)11/h1-4,12,14H,5-7H2. The van der Waals surface area contributed by atoms with Gasteiger partial charge in [0.25, 0.3) is 0 Å². The summed E-state index contributed by atoms with van der Waals surface area (Å²) >= 11 is 0. The van der Waals surface area contributed by atoms with Crippen molar-refractivity contribution in [2.45, 2.75) is 12.0 Å². The topological polar surface area (TPSA) is 44.6 Å². The van der Waals surface area contributed by atoms with Gasteiger partial charge < -0.3 is 10.4 Å². The second kappa shape index (κ2) is 2.65. The van der Waals surface area contributed by atoms with Crippen LogP contribution in [-0.2, 0) is 5.60 Å². The number of rotatable bonds is 0. The summed E-state index contributed by atoms with van der Waals surface area (Å²) in [4.78, 5) is 4.47. The van der Waals surface area contributed by atoms with Crippen molar-refractivity contribution in [3.63, 3.8) is 0 Å². The second-order valence-electron chi connectivity index (χ2n) is 3.86. The molecule has 1 unspecified atom stereocenters. The molecule has 72 valence electrons. The van der Waals surface area contributed by atoms with Crippen molar-refractivity contribution < 1.29 is 5.11 Å². The van der Waals surface area contributed by atoms with E-state index in [0.29, 0.717) is 6.54 Å². The quantitative estimate of drug-likeness (QED) is 0.636. The van der Waals surface area contributed by atoms with Crippen LogP contribution in [0.4, 0.5) is 5.69 Å². The Kier molecular flexibility index (Phi) is 1.54. The third kappa shape index (κ3) is 0.910. The van der Waals surface area contributed by atoms with Gasteiger partial charge >= 0.3 is 0 Å². The third-order valence-electron chi connectivity index (χ3n) is 3.00. The van der Waals surface area contributed by atoms with Crippen molar-refractivity contribution in [1.82, 2.24) is 5.32 Å². The summed E-state index contributed by atoms with van der Waals surface area (Å²) in [5.41, 5.74) is 1.95. The van der Waals surface area contributed by atoms with Crippen molar-refractivity contribution in [1.29, 1.82) is 0 Å². The van der Waals surface area contributed by atoms with Crippen molar-refractivity contribution >= 4 is 11.4 Å². The molecule has 0 radical (unpaired) electrons. The Balaban J connectivity index is 2.18. The van der Waals surface area contributed by atoms with Gasteiger partial charge in [-0.25, -0.2) is 0 Å². The third-order valence-corrected chi connectivity index (χ3v) is 3.00. The van der Waals surface area contributed by atoms with Crippen molar-refractivity contribution in [3.05, 3.63) is 29.8 Å². The van der Waals surface area contributed by atoms with Crippen molar-refractivity contribution in [2.24, 2.45) is 4.99 Å². The number of aliphatic imine (C=N–C) groups is 1. The maximum atomic E-state index is 10.5. The van der Waals surface area contributed by atoms with Crippen LogP contribution in [0.25, 0.3) is 0 Å². The maximum Gasteiger partial charge on any atom is 0.142 e. The number of β-amino-alcohol motifs (C(OH)–C–C–N with tert-alkyl or cyclic N) is 1. The first-order chi connectivity index (χ1) is 6.81. The van der Waals surface area contributed by atoms with Gasteiger partial charge in [-0.3, -0.25) is 4.99 Å². The summed E-state index contributed by atoms with van der Waals surface area (Å²) in [6.07, 6.45) is 0.838. The summed E-state index contributed by atoms with van der Waals surface area (Å²) in [7, 11) is 0. The molecule has 1 aromatic carbocycles. The normalized spacial score (nSPS) is 29.4. The Labute approximate surface area is 82.5 Å². The van der Waals surface area contributed by atoms with Gasteiger partial charge in [0, 0.05) is 25.1 Å². The van der Waals surface area contributed by atoms with Crippen LogP contribution in [0.3, 0.4) is 0 Å². The Hall–Kier alpha value is -1.19. The molecule has 3 heteroatoms. The highest BCUT2D eigenvalue weighted by atomic mass is 16.3. The molecule has 3 nitrogen and oxygen atoms in total. The maximum absolute atomic E-state index is 10.5. The average Bonchev–Trinajstić information content (AvgIpc) is 2.51. The molecule has 0 spiro atoms. The molecule has 0 saturated carbocycles. The molecule has 0 aliphatic carbocycles. The summed E-state index contributed by atoms with van der Waals surface area (Å²) in [6, 6.07) is 7.82. The van der Waals surface area contributed by atoms with E-state index >= 15 is 0 Å². The van der Waals surface area contributed by atoms with E-state index in [4.69, 9.17) is 0 Å². The number of hydrogen-bond donors (Lipinski definition) is 2. The molecular weight excluding hydrogens is 176 g/mol. The van der Waals surface area contributed by atoms with Crippen LogP contribution >= 0.6 is 0 Å². The van der Waals surface area contributed by atoms with E-state index in [2.05, 4.69) is 10.3 Å². The molecule has 0 bridgehead atoms. The molecule has 2 N–H and O–H groups in total. The predicted octanol–water partition coefficient (Wildman–Crippen LogP) is 0.954. The first-order valence-electron chi connectivity index (χ1n) is 4.91. The molecule has 2 heterocycles. The van der Waals surface area contributed by atoms with Gasteiger partial charge in [0.05, 0.1) is 11.4 Å². The summed E-state index contributed by atoms with van der Waals surface area (Å²) in [5.74, 6) is 0. The highest BCUT2D eigenvalue weighted by molar-refractivity contribution is 6.01. The Morgan fingerprint density at radius 3 is 3.14 bits per heavy atom. The van der Waals surface area contributed by atoms with E-state index < -0.39 is 5.60 Å². The van der Waals surface area contributed by atoms with Gasteiger partial charge in [0.15, 0.2) is 0 Å². The lowest BCUT2D eigenvalue weighted by molar-refractivity contribution is 0.104. The largest absolute Gasteiger partial charge is 0.378 e. The molecule has 1 saturated heterocycles. The van der Waals surface area contributed by atoms with Crippen molar-refractivity contribution in [2.75, 3.05) is 13.1 Å². The molecule has 1 aromatic rings. The average molecular weight is 188 g/mol. The molecular formula is C11H12N2O. The smallest absolute Gasteiger partial charge is 0.142 e. The van der Waals surface area contributed by atoms with Crippen molar-refractivity contribution in [3.8, 4) is 0 Å². The first kappa shape index (κ1) is 8.15. The summed E-state index contributed by atoms with van der Waals surface area (Å²) in [6.45, 7) is 1.50. The van der Waals surface area contributed by atoms with Gasteiger partial charge in [-0.05, 0) is 6.07 Å². The number of aliphatic hydroxyl groups is 1. The van der Waals surface area contributed by atoms with Crippen LogP contribution in [0.1, 0.15) is 12.0 Å². The molecule has 14 heavy (non-hydrogen) atoms. The van der Waals surface area contributed by atoms with Crippen LogP contribution in [0.2, 0.25) is 0 Å². The minimum atomic E-state index is -0.838. The molecule has 1 atom stereocenters. The minimum Gasteiger partial charge on any atom is -0.378 e. The van der Waals surface area contributed by atoms with Gasteiger partial charge in [0.2, 0.25) is 0 Å². The van der Waals surface area contributed by atoms with E-state index in [-0.39, 0.29) is 0 Å². The number of nitrogens with zero attached hydrogens (tertiary/aromatic N) is 1. The van der Waals surface area contributed by atoms with E-state index in [1.807, 2.05) is 24.3 Å². The number of hydrogen-bond acceptors (Lipinski definition) is 3. The van der Waals surface area contributed by atoms with Crippen LogP contribution in [0.5, 0.6) is 0 Å². The highest BCUT2D eigenvalue weighted by Crippen LogP contribution is 2.39. The molecule has 0 aromatic heterocycles. The van der Waals surface area contributed by atoms with Crippen LogP contribution in [0, 0.1) is 0 Å². The number of para-hydroxylation sites is 1. The number of piperidine rings is 1. The van der Waals surface area contributed by atoms with E-state index in [1.165, 1.54) is 0 Å². The highest BCUT2D eigenvalue weighted by Gasteiger charge is 2.42. The molecule has 3 rings (SSSR count). The number of fused-ring (bicyclic) bond motifs is 3. The zero-order valence-corrected chi connectivity index (χ0v) is 7.83. The SMILES string of the molecule is OC12CNCCC1=Nc1ccccc12. The Morgan fingerprint density at radius 2 is 2.21 bits per heavy atom. The van der Waals surface area contributed by atoms with Gasteiger partial charge in [0.1, 0.15) is 5.60 Å². The molecule has 2 aliphatic rings. The lowest BCUT2D eigenvalue weighted by atomic mass is 9.87. The second-order valence-corrected chi connectivity index (χ2v) is 3.86. The Bertz CT molecular complexity index is 414. The van der Waals surface area contributed by atoms with Gasteiger partial charge in [-0.2, -0.15) is 0 Å². The number of nitrogens with one attached hydrogen (secondary N) is 1. The van der Waals surface area contributed by atoms with E-state index in [9.17, 15) is 5.11 Å². The minimum absolute atomic E-state index is 0.586. The fourth-order valence-corrected chi connectivity index (χ4v) is 2.25. The zero-order chi connectivity index (χ0) is 9.60. The first-order valence-corrected chi connectivity index (χ1v) is 4.91. The lowest BCUT2D eigenvalue weighted by Gasteiger charge is -2.30. The predicted molar refractivity (Wildman–Crippen MR) is 54.9 cm³/mol. The Morgan fingerprint density at radius 1 is 1.36 bits per heavy atom. The molecule has 2 aliphatic heterocycles. The number of benzene rings is 1. The van der Waals surface area contributed by atoms with Crippen LogP contribution in [0.15, 0.2) is 29.3 Å². The molecule has 1 fully saturated rings. The lowest BCUT2D eigenvalue weighted by Crippen LogP contribution is -2.48. The van der Waals surface area contributed by atoms with Crippen LogP contribution < -0.4 is 5.32 Å². The fourth-order valence-electron chi connectivity index (χ4n) is 2.25. The fraction of sp³-hybridized carbons (Fsp3) is 0.364. The zero-order valence-electron chi connectivity index (χ0n) is 7.83. The van der Waals surface area contributed by atoms with Gasteiger partial charge in [-0.15, -0.1) is 0 Å². The monoisotopic (exact) mass is 188 g/mol.